The summed E-state index contributed by atoms with van der Waals surface area (Å²) in [6.45, 7) is 4.21. The number of rotatable bonds is 9. The number of amides is 1. The molecule has 2 heterocycles. The summed E-state index contributed by atoms with van der Waals surface area (Å²) in [5, 5.41) is 6.65. The number of ether oxygens (including phenoxy) is 2. The number of nitrogens with one attached hydrogen (secondary N) is 2. The van der Waals surface area contributed by atoms with Crippen LogP contribution in [0.4, 0.5) is 21.6 Å². The molecule has 4 rings (SSSR count). The van der Waals surface area contributed by atoms with Crippen LogP contribution in [0.1, 0.15) is 25.3 Å². The van der Waals surface area contributed by atoms with Crippen molar-refractivity contribution < 1.29 is 22.9 Å². The van der Waals surface area contributed by atoms with Gasteiger partial charge in [-0.25, -0.2) is 18.6 Å². The number of carbonyl (C=O) groups is 1. The highest BCUT2D eigenvalue weighted by Gasteiger charge is 2.19. The van der Waals surface area contributed by atoms with Gasteiger partial charge in [0.2, 0.25) is 0 Å². The molecule has 11 heteroatoms. The van der Waals surface area contributed by atoms with E-state index in [1.54, 1.807) is 20.1 Å². The predicted molar refractivity (Wildman–Crippen MR) is 138 cm³/mol. The van der Waals surface area contributed by atoms with Crippen molar-refractivity contribution in [1.82, 2.24) is 15.3 Å². The molecule has 1 saturated heterocycles. The minimum absolute atomic E-state index is 0.165. The molecular weight excluding hydrogens is 485 g/mol. The highest BCUT2D eigenvalue weighted by molar-refractivity contribution is 7.93. The van der Waals surface area contributed by atoms with E-state index >= 15 is 0 Å². The normalized spacial score (nSPS) is 15.4. The van der Waals surface area contributed by atoms with Crippen LogP contribution in [0.2, 0.25) is 0 Å². The van der Waals surface area contributed by atoms with E-state index in [0.717, 1.165) is 23.8 Å². The summed E-state index contributed by atoms with van der Waals surface area (Å²) in [6, 6.07) is 7.71. The first kappa shape index (κ1) is 25.8. The lowest BCUT2D eigenvalue weighted by atomic mass is 10.1. The molecule has 192 valence electrons. The zero-order valence-corrected chi connectivity index (χ0v) is 21.4. The molecule has 2 aromatic carbocycles. The van der Waals surface area contributed by atoms with Crippen LogP contribution >= 0.6 is 0 Å². The van der Waals surface area contributed by atoms with Gasteiger partial charge in [-0.3, -0.25) is 4.79 Å². The zero-order valence-electron chi connectivity index (χ0n) is 20.5. The van der Waals surface area contributed by atoms with Crippen LogP contribution < -0.4 is 15.4 Å². The van der Waals surface area contributed by atoms with Crippen LogP contribution in [0.5, 0.6) is 5.75 Å². The number of nitrogens with zero attached hydrogens (tertiary/aromatic N) is 3. The third kappa shape index (κ3) is 6.08. The van der Waals surface area contributed by atoms with Gasteiger partial charge in [0.25, 0.3) is 5.91 Å². The van der Waals surface area contributed by atoms with Crippen LogP contribution in [0.15, 0.2) is 41.0 Å². The van der Waals surface area contributed by atoms with Gasteiger partial charge in [0.15, 0.2) is 6.10 Å². The van der Waals surface area contributed by atoms with Crippen LogP contribution in [0.25, 0.3) is 10.9 Å². The van der Waals surface area contributed by atoms with Gasteiger partial charge in [0, 0.05) is 36.6 Å². The summed E-state index contributed by atoms with van der Waals surface area (Å²) in [5.41, 5.74) is 2.57. The van der Waals surface area contributed by atoms with Crippen LogP contribution in [-0.2, 0) is 19.3 Å². The first-order valence-electron chi connectivity index (χ1n) is 11.8. The lowest BCUT2D eigenvalue weighted by molar-refractivity contribution is -0.127. The number of hydrogen-bond acceptors (Lipinski definition) is 8. The molecule has 0 spiro atoms. The first-order valence-corrected chi connectivity index (χ1v) is 13.6. The van der Waals surface area contributed by atoms with Gasteiger partial charge in [0.05, 0.1) is 33.2 Å². The molecule has 1 aliphatic rings. The zero-order chi connectivity index (χ0) is 25.7. The molecule has 36 heavy (non-hydrogen) atoms. The lowest BCUT2D eigenvalue weighted by Crippen LogP contribution is -2.38. The maximum Gasteiger partial charge on any atom is 0.260 e. The SMILES string of the molecule is COCCNC(=O)[C@@H](C)Oc1cc(F)ccc1Nc1ncnc2cc(N=S3(=O)CCCC3)cc(C)c12. The number of fused-ring (bicyclic) bond motifs is 1. The lowest BCUT2D eigenvalue weighted by Gasteiger charge is -2.18. The first-order chi connectivity index (χ1) is 17.3. The number of aryl methyl sites for hydroxylation is 1. The monoisotopic (exact) mass is 515 g/mol. The van der Waals surface area contributed by atoms with Crippen molar-refractivity contribution in [2.24, 2.45) is 4.36 Å². The molecule has 1 atom stereocenters. The van der Waals surface area contributed by atoms with Crippen molar-refractivity contribution in [3.8, 4) is 5.75 Å². The Morgan fingerprint density at radius 3 is 2.75 bits per heavy atom. The smallest absolute Gasteiger partial charge is 0.260 e. The maximum absolute atomic E-state index is 14.1. The van der Waals surface area contributed by atoms with Crippen LogP contribution in [0.3, 0.4) is 0 Å². The van der Waals surface area contributed by atoms with Crippen LogP contribution in [-0.4, -0.2) is 58.0 Å². The van der Waals surface area contributed by atoms with E-state index in [1.165, 1.54) is 24.5 Å². The molecule has 0 bridgehead atoms. The van der Waals surface area contributed by atoms with Crippen molar-refractivity contribution in [2.45, 2.75) is 32.8 Å². The fraction of sp³-hybridized carbons (Fsp3) is 0.400. The van der Waals surface area contributed by atoms with Crippen molar-refractivity contribution in [2.75, 3.05) is 37.1 Å². The number of benzene rings is 2. The molecule has 1 aromatic heterocycles. The molecule has 9 nitrogen and oxygen atoms in total. The third-order valence-corrected chi connectivity index (χ3v) is 8.24. The van der Waals surface area contributed by atoms with Gasteiger partial charge in [-0.05, 0) is 56.5 Å². The minimum Gasteiger partial charge on any atom is -0.479 e. The third-order valence-electron chi connectivity index (χ3n) is 5.84. The molecule has 1 amide bonds. The molecule has 3 aromatic rings. The Morgan fingerprint density at radius 1 is 1.22 bits per heavy atom. The average molecular weight is 516 g/mol. The second kappa shape index (κ2) is 11.2. The molecule has 0 unspecified atom stereocenters. The second-order valence-corrected chi connectivity index (χ2v) is 11.2. The average Bonchev–Trinajstić information content (AvgIpc) is 3.26. The summed E-state index contributed by atoms with van der Waals surface area (Å²) < 4.78 is 42.2. The van der Waals surface area contributed by atoms with Crippen molar-refractivity contribution >= 4 is 43.7 Å². The van der Waals surface area contributed by atoms with Gasteiger partial charge in [-0.1, -0.05) is 0 Å². The van der Waals surface area contributed by atoms with Gasteiger partial charge < -0.3 is 20.1 Å². The Bertz CT molecular complexity index is 1380. The topological polar surface area (TPSA) is 115 Å². The summed E-state index contributed by atoms with van der Waals surface area (Å²) in [7, 11) is -0.669. The van der Waals surface area contributed by atoms with E-state index in [4.69, 9.17) is 9.47 Å². The van der Waals surface area contributed by atoms with Crippen molar-refractivity contribution in [3.63, 3.8) is 0 Å². The highest BCUT2D eigenvalue weighted by atomic mass is 32.2. The Hall–Kier alpha value is -3.31. The minimum atomic E-state index is -2.21. The van der Waals surface area contributed by atoms with Crippen LogP contribution in [0, 0.1) is 12.7 Å². The Balaban J connectivity index is 1.63. The van der Waals surface area contributed by atoms with E-state index in [1.807, 2.05) is 13.0 Å². The van der Waals surface area contributed by atoms with Gasteiger partial charge in [-0.15, -0.1) is 0 Å². The van der Waals surface area contributed by atoms with E-state index in [-0.39, 0.29) is 11.7 Å². The van der Waals surface area contributed by atoms with E-state index in [0.29, 0.717) is 47.4 Å². The van der Waals surface area contributed by atoms with E-state index in [2.05, 4.69) is 25.0 Å². The van der Waals surface area contributed by atoms with Crippen molar-refractivity contribution in [1.29, 1.82) is 0 Å². The van der Waals surface area contributed by atoms with Crippen molar-refractivity contribution in [3.05, 3.63) is 48.0 Å². The summed E-state index contributed by atoms with van der Waals surface area (Å²) >= 11 is 0. The molecule has 1 fully saturated rings. The number of halogens is 1. The number of methoxy groups -OCH3 is 1. The highest BCUT2D eigenvalue weighted by Crippen LogP contribution is 2.34. The van der Waals surface area contributed by atoms with Gasteiger partial charge >= 0.3 is 0 Å². The Labute approximate surface area is 210 Å². The summed E-state index contributed by atoms with van der Waals surface area (Å²) in [6.07, 6.45) is 2.41. The summed E-state index contributed by atoms with van der Waals surface area (Å²) in [4.78, 5) is 21.1. The fourth-order valence-electron chi connectivity index (χ4n) is 4.05. The molecule has 0 saturated carbocycles. The van der Waals surface area contributed by atoms with E-state index < -0.39 is 21.7 Å². The molecule has 2 N–H and O–H groups in total. The number of anilines is 2. The summed E-state index contributed by atoms with van der Waals surface area (Å²) in [5.74, 6) is 1.05. The molecule has 1 aliphatic heterocycles. The fourth-order valence-corrected chi connectivity index (χ4v) is 6.24. The molecule has 0 radical (unpaired) electrons. The van der Waals surface area contributed by atoms with Gasteiger partial charge in [-0.2, -0.15) is 4.36 Å². The quantitative estimate of drug-likeness (QED) is 0.410. The Kier molecular flexibility index (Phi) is 8.00. The number of aromatic nitrogens is 2. The largest absolute Gasteiger partial charge is 0.479 e. The number of carbonyl (C=O) groups excluding carboxylic acids is 1. The predicted octanol–water partition coefficient (Wildman–Crippen LogP) is 4.24. The molecule has 0 aliphatic carbocycles. The number of hydrogen-bond donors (Lipinski definition) is 2. The Morgan fingerprint density at radius 2 is 2.00 bits per heavy atom. The standard InChI is InChI=1S/C25H30FN5O4S/c1-16-12-19(31-36(33)10-4-5-11-36)14-21-23(16)24(29-15-28-21)30-20-7-6-18(26)13-22(20)35-17(2)25(32)27-8-9-34-3/h6-7,12-15,17H,4-5,8-11H2,1-3H3,(H,27,32)(H,28,29,30)/t17-/m1/s1. The maximum atomic E-state index is 14.1. The molecular formula is C25H30FN5O4S. The van der Waals surface area contributed by atoms with Gasteiger partial charge in [0.1, 0.15) is 23.7 Å². The van der Waals surface area contributed by atoms with E-state index in [9.17, 15) is 13.4 Å². The second-order valence-electron chi connectivity index (χ2n) is 8.67.